The lowest BCUT2D eigenvalue weighted by Gasteiger charge is -2.45. The number of ether oxygens (including phenoxy) is 7. The third-order valence-corrected chi connectivity index (χ3v) is 8.08. The Morgan fingerprint density at radius 3 is 2.00 bits per heavy atom. The zero-order valence-corrected chi connectivity index (χ0v) is 25.7. The number of hydrogen-bond acceptors (Lipinski definition) is 18. The number of hydrogen-bond donors (Lipinski definition) is 9. The van der Waals surface area contributed by atoms with Crippen molar-refractivity contribution in [1.29, 1.82) is 0 Å². The van der Waals surface area contributed by atoms with Crippen molar-refractivity contribution in [3.63, 3.8) is 0 Å². The van der Waals surface area contributed by atoms with Gasteiger partial charge in [-0.1, -0.05) is 0 Å². The molecule has 2 saturated heterocycles. The lowest BCUT2D eigenvalue weighted by molar-refractivity contribution is -0.352. The fraction of sp³-hybridized carbons (Fsp3) is 0.500. The van der Waals surface area contributed by atoms with Gasteiger partial charge in [-0.2, -0.15) is 0 Å². The summed E-state index contributed by atoms with van der Waals surface area (Å²) >= 11 is 0. The summed E-state index contributed by atoms with van der Waals surface area (Å²) in [6, 6.07) is 4.80. The molecular weight excluding hydrogens is 648 g/mol. The van der Waals surface area contributed by atoms with E-state index in [9.17, 15) is 50.8 Å². The maximum Gasteiger partial charge on any atom is 0.239 e. The molecule has 10 atom stereocenters. The van der Waals surface area contributed by atoms with Gasteiger partial charge < -0.3 is 83.5 Å². The molecule has 2 aliphatic rings. The van der Waals surface area contributed by atoms with E-state index in [2.05, 4.69) is 0 Å². The van der Waals surface area contributed by atoms with Crippen molar-refractivity contribution in [3.05, 3.63) is 34.5 Å². The van der Waals surface area contributed by atoms with Crippen molar-refractivity contribution in [2.75, 3.05) is 34.5 Å². The topological polar surface area (TPSA) is 277 Å². The van der Waals surface area contributed by atoms with E-state index in [0.29, 0.717) is 0 Å². The molecule has 9 N–H and O–H groups in total. The summed E-state index contributed by atoms with van der Waals surface area (Å²) in [6.45, 7) is -1.60. The molecule has 2 aromatic carbocycles. The number of phenolic OH excluding ortho intramolecular Hbond substituents is 2. The lowest BCUT2D eigenvalue weighted by Crippen LogP contribution is -2.65. The van der Waals surface area contributed by atoms with E-state index in [0.717, 1.165) is 6.07 Å². The summed E-state index contributed by atoms with van der Waals surface area (Å²) in [5.74, 6) is -1.85. The quantitative estimate of drug-likeness (QED) is 0.111. The normalized spacial score (nSPS) is 30.6. The Morgan fingerprint density at radius 1 is 0.708 bits per heavy atom. The summed E-state index contributed by atoms with van der Waals surface area (Å²) in [6.07, 6.45) is -17.2. The van der Waals surface area contributed by atoms with Gasteiger partial charge in [-0.25, -0.2) is 0 Å². The fourth-order valence-electron chi connectivity index (χ4n) is 5.50. The number of rotatable bonds is 10. The predicted octanol–water partition coefficient (Wildman–Crippen LogP) is -2.10. The number of methoxy groups -OCH3 is 3. The zero-order valence-electron chi connectivity index (χ0n) is 25.7. The largest absolute Gasteiger partial charge is 0.507 e. The van der Waals surface area contributed by atoms with Crippen LogP contribution in [0, 0.1) is 0 Å². The fourth-order valence-corrected chi connectivity index (χ4v) is 5.50. The maximum atomic E-state index is 13.5. The third-order valence-electron chi connectivity index (χ3n) is 8.08. The van der Waals surface area contributed by atoms with Gasteiger partial charge in [-0.05, 0) is 6.07 Å². The van der Waals surface area contributed by atoms with Crippen molar-refractivity contribution >= 4 is 11.0 Å². The molecule has 0 saturated carbocycles. The minimum absolute atomic E-state index is 0.0895. The number of phenols is 2. The standard InChI is InChI=1S/C30H36O18/c1-41-10-4-13(34)19-16(5-10)44-26(28(43-3)21(19)36)11-6-15(42-2)12(33)7-14(11)45-29-25(40)23(38)27(18(9-32)47-29)48-30-24(39)22(37)20(35)17(8-31)46-30/h4-7,17-18,20,22-25,27,29-35,37-40H,8-9H2,1-3H3/t17?,18?,20-,22-,23+,24?,25?,27+,29+,30-/m0/s1. The summed E-state index contributed by atoms with van der Waals surface area (Å²) in [7, 11) is 3.76. The van der Waals surface area contributed by atoms with Crippen molar-refractivity contribution in [1.82, 2.24) is 0 Å². The second kappa shape index (κ2) is 14.3. The lowest BCUT2D eigenvalue weighted by atomic mass is 9.97. The molecule has 5 rings (SSSR count). The van der Waals surface area contributed by atoms with Crippen molar-refractivity contribution in [3.8, 4) is 45.8 Å². The Hall–Kier alpha value is -3.95. The molecular formula is C30H36O18. The van der Waals surface area contributed by atoms with Gasteiger partial charge in [0.1, 0.15) is 77.0 Å². The Kier molecular flexibility index (Phi) is 10.5. The SMILES string of the molecule is COc1cc(O)c2c(=O)c(OC)c(-c3cc(OC)c(O)cc3O[C@@H]3OC(CO)[C@@H](O[C@@H]4OC(CO)[C@H](O)[C@H](O)C4O)[C@H](O)C3O)oc2c1. The molecule has 3 heterocycles. The van der Waals surface area contributed by atoms with Crippen LogP contribution in [0.5, 0.6) is 34.5 Å². The van der Waals surface area contributed by atoms with Gasteiger partial charge in [0.2, 0.25) is 17.5 Å². The summed E-state index contributed by atoms with van der Waals surface area (Å²) in [5.41, 5.74) is -0.998. The average molecular weight is 685 g/mol. The van der Waals surface area contributed by atoms with Gasteiger partial charge in [0.15, 0.2) is 23.5 Å². The average Bonchev–Trinajstić information content (AvgIpc) is 3.07. The first-order chi connectivity index (χ1) is 22.9. The van der Waals surface area contributed by atoms with Gasteiger partial charge >= 0.3 is 0 Å². The molecule has 4 unspecified atom stereocenters. The van der Waals surface area contributed by atoms with Gasteiger partial charge in [-0.3, -0.25) is 4.79 Å². The van der Waals surface area contributed by atoms with Crippen LogP contribution in [0.25, 0.3) is 22.3 Å². The first kappa shape index (κ1) is 35.4. The zero-order chi connectivity index (χ0) is 35.0. The van der Waals surface area contributed by atoms with Gasteiger partial charge in [0, 0.05) is 18.2 Å². The molecule has 18 heteroatoms. The van der Waals surface area contributed by atoms with Crippen molar-refractivity contribution in [2.45, 2.75) is 61.4 Å². The maximum absolute atomic E-state index is 13.5. The summed E-state index contributed by atoms with van der Waals surface area (Å²) in [5, 5.41) is 93.1. The minimum atomic E-state index is -1.95. The van der Waals surface area contributed by atoms with E-state index in [4.69, 9.17) is 37.6 Å². The van der Waals surface area contributed by atoms with E-state index in [1.807, 2.05) is 0 Å². The number of benzene rings is 2. The van der Waals surface area contributed by atoms with Gasteiger partial charge in [-0.15, -0.1) is 0 Å². The second-order valence-electron chi connectivity index (χ2n) is 11.0. The number of fused-ring (bicyclic) bond motifs is 1. The molecule has 2 aliphatic heterocycles. The molecule has 2 fully saturated rings. The highest BCUT2D eigenvalue weighted by Gasteiger charge is 2.51. The highest BCUT2D eigenvalue weighted by atomic mass is 16.7. The van der Waals surface area contributed by atoms with Crippen LogP contribution in [0.2, 0.25) is 0 Å². The smallest absolute Gasteiger partial charge is 0.239 e. The van der Waals surface area contributed by atoms with Crippen molar-refractivity contribution < 1.29 is 83.5 Å². The first-order valence-electron chi connectivity index (χ1n) is 14.5. The Labute approximate surface area is 271 Å². The minimum Gasteiger partial charge on any atom is -0.507 e. The molecule has 0 spiro atoms. The van der Waals surface area contributed by atoms with Crippen LogP contribution in [0.1, 0.15) is 0 Å². The van der Waals surface area contributed by atoms with E-state index in [1.54, 1.807) is 0 Å². The molecule has 264 valence electrons. The number of aliphatic hydroxyl groups is 7. The van der Waals surface area contributed by atoms with E-state index >= 15 is 0 Å². The Balaban J connectivity index is 1.51. The van der Waals surface area contributed by atoms with Crippen LogP contribution in [-0.2, 0) is 14.2 Å². The molecule has 0 radical (unpaired) electrons. The Morgan fingerprint density at radius 2 is 1.38 bits per heavy atom. The monoisotopic (exact) mass is 684 g/mol. The van der Waals surface area contributed by atoms with Crippen LogP contribution in [0.3, 0.4) is 0 Å². The second-order valence-corrected chi connectivity index (χ2v) is 11.0. The van der Waals surface area contributed by atoms with Crippen LogP contribution in [0.15, 0.2) is 33.5 Å². The van der Waals surface area contributed by atoms with Crippen LogP contribution < -0.4 is 24.4 Å². The number of aliphatic hydroxyl groups excluding tert-OH is 7. The molecule has 48 heavy (non-hydrogen) atoms. The molecule has 3 aromatic rings. The number of aromatic hydroxyl groups is 2. The van der Waals surface area contributed by atoms with E-state index in [1.165, 1.54) is 39.5 Å². The van der Waals surface area contributed by atoms with Gasteiger partial charge in [0.25, 0.3) is 0 Å². The van der Waals surface area contributed by atoms with Crippen LogP contribution in [0.4, 0.5) is 0 Å². The van der Waals surface area contributed by atoms with Crippen molar-refractivity contribution in [2.24, 2.45) is 0 Å². The molecule has 0 aliphatic carbocycles. The highest BCUT2D eigenvalue weighted by molar-refractivity contribution is 5.89. The highest BCUT2D eigenvalue weighted by Crippen LogP contribution is 2.45. The van der Waals surface area contributed by atoms with Crippen LogP contribution in [-0.4, -0.2) is 142 Å². The van der Waals surface area contributed by atoms with E-state index < -0.39 is 97.3 Å². The van der Waals surface area contributed by atoms with Crippen LogP contribution >= 0.6 is 0 Å². The predicted molar refractivity (Wildman–Crippen MR) is 158 cm³/mol. The third kappa shape index (κ3) is 6.30. The van der Waals surface area contributed by atoms with Gasteiger partial charge in [0.05, 0.1) is 40.1 Å². The summed E-state index contributed by atoms with van der Waals surface area (Å²) in [4.78, 5) is 13.5. The Bertz CT molecular complexity index is 1660. The first-order valence-corrected chi connectivity index (χ1v) is 14.5. The van der Waals surface area contributed by atoms with E-state index in [-0.39, 0.29) is 39.5 Å². The summed E-state index contributed by atoms with van der Waals surface area (Å²) < 4.78 is 44.2. The molecule has 0 bridgehead atoms. The molecule has 1 aromatic heterocycles. The molecule has 0 amide bonds. The molecule has 18 nitrogen and oxygen atoms in total.